The average Bonchev–Trinajstić information content (AvgIpc) is 2.62. The summed E-state index contributed by atoms with van der Waals surface area (Å²) >= 11 is 1.25. The number of thioether (sulfide) groups is 1. The molecular weight excluding hydrogens is 330 g/mol. The van der Waals surface area contributed by atoms with Crippen LogP contribution in [0.4, 0.5) is 0 Å². The molecule has 128 valence electrons. The monoisotopic (exact) mass is 349 g/mol. The van der Waals surface area contributed by atoms with Crippen LogP contribution in [-0.4, -0.2) is 54.9 Å². The van der Waals surface area contributed by atoms with Gasteiger partial charge in [-0.3, -0.25) is 4.98 Å². The molecule has 0 spiro atoms. The summed E-state index contributed by atoms with van der Waals surface area (Å²) in [5.74, 6) is 0.761. The van der Waals surface area contributed by atoms with Gasteiger partial charge in [0.2, 0.25) is 0 Å². The number of hydrogen-bond donors (Lipinski definition) is 4. The molecule has 6 nitrogen and oxygen atoms in total. The lowest BCUT2D eigenvalue weighted by Crippen LogP contribution is -2.50. The number of aromatic nitrogens is 1. The summed E-state index contributed by atoms with van der Waals surface area (Å²) in [6.07, 6.45) is -0.121. The molecule has 1 aliphatic rings. The van der Waals surface area contributed by atoms with E-state index in [9.17, 15) is 15.3 Å². The molecule has 0 radical (unpaired) electrons. The first-order valence-corrected chi connectivity index (χ1v) is 8.61. The molecular formula is C17H19NO5S. The highest BCUT2D eigenvalue weighted by Crippen LogP contribution is 2.30. The summed E-state index contributed by atoms with van der Waals surface area (Å²) in [6.45, 7) is -0.00729. The predicted octanol–water partition coefficient (Wildman–Crippen LogP) is 0.775. The zero-order valence-corrected chi connectivity index (χ0v) is 13.6. The molecule has 1 aromatic carbocycles. The predicted molar refractivity (Wildman–Crippen MR) is 90.5 cm³/mol. The SMILES string of the molecule is OCc1ccc(-c2cncc(O[C@@H]3SC[C@@H](O)[C@H](O)[C@H]3O)c2)cc1. The molecule has 0 bridgehead atoms. The maximum absolute atomic E-state index is 10.0. The summed E-state index contributed by atoms with van der Waals surface area (Å²) in [5, 5.41) is 38.4. The topological polar surface area (TPSA) is 103 Å². The maximum atomic E-state index is 10.0. The summed E-state index contributed by atoms with van der Waals surface area (Å²) in [6, 6.07) is 9.24. The molecule has 0 amide bonds. The van der Waals surface area contributed by atoms with Crippen molar-refractivity contribution < 1.29 is 25.2 Å². The van der Waals surface area contributed by atoms with Gasteiger partial charge in [0.05, 0.1) is 18.9 Å². The zero-order chi connectivity index (χ0) is 17.1. The Morgan fingerprint density at radius 3 is 2.50 bits per heavy atom. The second kappa shape index (κ2) is 7.50. The Labute approximate surface area is 143 Å². The molecule has 1 aliphatic heterocycles. The van der Waals surface area contributed by atoms with Crippen molar-refractivity contribution in [1.29, 1.82) is 0 Å². The van der Waals surface area contributed by atoms with Crippen molar-refractivity contribution in [2.75, 3.05) is 5.75 Å². The molecule has 1 aromatic heterocycles. The first kappa shape index (κ1) is 17.2. The number of benzene rings is 1. The number of hydrogen-bond acceptors (Lipinski definition) is 7. The lowest BCUT2D eigenvalue weighted by atomic mass is 10.1. The molecule has 0 aliphatic carbocycles. The van der Waals surface area contributed by atoms with Crippen LogP contribution in [0.25, 0.3) is 11.1 Å². The van der Waals surface area contributed by atoms with Crippen molar-refractivity contribution in [3.05, 3.63) is 48.3 Å². The Morgan fingerprint density at radius 2 is 1.79 bits per heavy atom. The van der Waals surface area contributed by atoms with E-state index in [4.69, 9.17) is 9.84 Å². The Balaban J connectivity index is 1.75. The van der Waals surface area contributed by atoms with Crippen LogP contribution in [0.2, 0.25) is 0 Å². The van der Waals surface area contributed by atoms with Crippen LogP contribution in [0, 0.1) is 0 Å². The van der Waals surface area contributed by atoms with E-state index in [2.05, 4.69) is 4.98 Å². The molecule has 0 saturated carbocycles. The summed E-state index contributed by atoms with van der Waals surface area (Å²) < 4.78 is 5.73. The van der Waals surface area contributed by atoms with Gasteiger partial charge in [-0.15, -0.1) is 11.8 Å². The first-order valence-electron chi connectivity index (χ1n) is 7.56. The van der Waals surface area contributed by atoms with Crippen molar-refractivity contribution in [3.8, 4) is 16.9 Å². The van der Waals surface area contributed by atoms with Crippen LogP contribution in [0.1, 0.15) is 5.56 Å². The van der Waals surface area contributed by atoms with Gasteiger partial charge in [0.1, 0.15) is 18.0 Å². The van der Waals surface area contributed by atoms with Crippen LogP contribution < -0.4 is 4.74 Å². The lowest BCUT2D eigenvalue weighted by Gasteiger charge is -2.34. The Kier molecular flexibility index (Phi) is 5.37. The summed E-state index contributed by atoms with van der Waals surface area (Å²) in [5.41, 5.74) is 1.93. The lowest BCUT2D eigenvalue weighted by molar-refractivity contribution is -0.0786. The van der Waals surface area contributed by atoms with E-state index in [1.807, 2.05) is 24.3 Å². The molecule has 0 unspecified atom stereocenters. The highest BCUT2D eigenvalue weighted by atomic mass is 32.2. The van der Waals surface area contributed by atoms with Crippen LogP contribution in [0.5, 0.6) is 5.75 Å². The molecule has 2 heterocycles. The van der Waals surface area contributed by atoms with Gasteiger partial charge in [-0.25, -0.2) is 0 Å². The molecule has 4 N–H and O–H groups in total. The van der Waals surface area contributed by atoms with E-state index in [0.29, 0.717) is 11.5 Å². The van der Waals surface area contributed by atoms with Gasteiger partial charge >= 0.3 is 0 Å². The molecule has 3 rings (SSSR count). The van der Waals surface area contributed by atoms with E-state index in [1.54, 1.807) is 12.3 Å². The fourth-order valence-corrected chi connectivity index (χ4v) is 3.58. The van der Waals surface area contributed by atoms with Gasteiger partial charge in [0.25, 0.3) is 0 Å². The largest absolute Gasteiger partial charge is 0.475 e. The Hall–Kier alpha value is -1.64. The number of ether oxygens (including phenoxy) is 1. The molecule has 1 saturated heterocycles. The fraction of sp³-hybridized carbons (Fsp3) is 0.353. The fourth-order valence-electron chi connectivity index (χ4n) is 2.46. The smallest absolute Gasteiger partial charge is 0.173 e. The van der Waals surface area contributed by atoms with Crippen LogP contribution in [0.15, 0.2) is 42.7 Å². The maximum Gasteiger partial charge on any atom is 0.173 e. The van der Waals surface area contributed by atoms with E-state index in [0.717, 1.165) is 16.7 Å². The van der Waals surface area contributed by atoms with Gasteiger partial charge < -0.3 is 25.2 Å². The minimum absolute atomic E-state index is 0.00729. The quantitative estimate of drug-likeness (QED) is 0.647. The van der Waals surface area contributed by atoms with Crippen molar-refractivity contribution in [1.82, 2.24) is 4.98 Å². The van der Waals surface area contributed by atoms with Crippen molar-refractivity contribution in [2.45, 2.75) is 30.4 Å². The van der Waals surface area contributed by atoms with E-state index in [1.165, 1.54) is 18.0 Å². The summed E-state index contributed by atoms with van der Waals surface area (Å²) in [7, 11) is 0. The van der Waals surface area contributed by atoms with Gasteiger partial charge in [-0.1, -0.05) is 24.3 Å². The van der Waals surface area contributed by atoms with E-state index < -0.39 is 23.7 Å². The number of pyridine rings is 1. The molecule has 2 aromatic rings. The normalized spacial score (nSPS) is 27.0. The van der Waals surface area contributed by atoms with E-state index >= 15 is 0 Å². The summed E-state index contributed by atoms with van der Waals surface area (Å²) in [4.78, 5) is 4.15. The minimum atomic E-state index is -1.22. The van der Waals surface area contributed by atoms with Gasteiger partial charge in [0, 0.05) is 17.5 Å². The van der Waals surface area contributed by atoms with Gasteiger partial charge in [-0.2, -0.15) is 0 Å². The highest BCUT2D eigenvalue weighted by Gasteiger charge is 2.38. The van der Waals surface area contributed by atoms with Crippen molar-refractivity contribution in [2.24, 2.45) is 0 Å². The molecule has 1 fully saturated rings. The molecule has 7 heteroatoms. The van der Waals surface area contributed by atoms with Gasteiger partial charge in [-0.05, 0) is 17.2 Å². The van der Waals surface area contributed by atoms with Crippen LogP contribution in [-0.2, 0) is 6.61 Å². The second-order valence-electron chi connectivity index (χ2n) is 5.63. The Bertz CT molecular complexity index is 681. The van der Waals surface area contributed by atoms with Crippen molar-refractivity contribution in [3.63, 3.8) is 0 Å². The number of rotatable bonds is 4. The Morgan fingerprint density at radius 1 is 1.04 bits per heavy atom. The second-order valence-corrected chi connectivity index (χ2v) is 6.76. The third-order valence-corrected chi connectivity index (χ3v) is 5.13. The number of aliphatic hydroxyl groups excluding tert-OH is 4. The third kappa shape index (κ3) is 3.71. The van der Waals surface area contributed by atoms with Crippen molar-refractivity contribution >= 4 is 11.8 Å². The highest BCUT2D eigenvalue weighted by molar-refractivity contribution is 7.99. The first-order chi connectivity index (χ1) is 11.6. The standard InChI is InChI=1S/C17H19NO5S/c19-8-10-1-3-11(4-2-10)12-5-13(7-18-6-12)23-17-16(22)15(21)14(20)9-24-17/h1-7,14-17,19-22H,8-9H2/t14-,15+,16-,17-/m1/s1. The van der Waals surface area contributed by atoms with Crippen LogP contribution >= 0.6 is 11.8 Å². The third-order valence-electron chi connectivity index (χ3n) is 3.89. The number of nitrogens with zero attached hydrogens (tertiary/aromatic N) is 1. The minimum Gasteiger partial charge on any atom is -0.475 e. The van der Waals surface area contributed by atoms with E-state index in [-0.39, 0.29) is 6.61 Å². The zero-order valence-electron chi connectivity index (χ0n) is 12.8. The van der Waals surface area contributed by atoms with Gasteiger partial charge in [0.15, 0.2) is 5.44 Å². The number of aliphatic hydroxyl groups is 4. The molecule has 24 heavy (non-hydrogen) atoms. The average molecular weight is 349 g/mol. The molecule has 4 atom stereocenters. The van der Waals surface area contributed by atoms with Crippen LogP contribution in [0.3, 0.4) is 0 Å².